The first-order valence-corrected chi connectivity index (χ1v) is 6.68. The average molecular weight is 246 g/mol. The summed E-state index contributed by atoms with van der Waals surface area (Å²) in [6, 6.07) is 8.69. The lowest BCUT2D eigenvalue weighted by Crippen LogP contribution is -2.17. The Morgan fingerprint density at radius 1 is 1.00 bits per heavy atom. The van der Waals surface area contributed by atoms with E-state index in [0.29, 0.717) is 0 Å². The van der Waals surface area contributed by atoms with Gasteiger partial charge in [-0.2, -0.15) is 0 Å². The fourth-order valence-corrected chi connectivity index (χ4v) is 1.75. The van der Waals surface area contributed by atoms with Gasteiger partial charge in [0.15, 0.2) is 0 Å². The molecule has 0 aliphatic rings. The first-order chi connectivity index (χ1) is 8.18. The van der Waals surface area contributed by atoms with Gasteiger partial charge in [-0.25, -0.2) is 0 Å². The molecule has 100 valence electrons. The lowest BCUT2D eigenvalue weighted by Gasteiger charge is -2.18. The van der Waals surface area contributed by atoms with E-state index in [4.69, 9.17) is 0 Å². The Hall–Kier alpha value is -1.08. The van der Waals surface area contributed by atoms with Gasteiger partial charge in [0, 0.05) is 0 Å². The van der Waals surface area contributed by atoms with Crippen molar-refractivity contribution in [3.8, 4) is 0 Å². The standard InChI is InChI=1S/C17H26O/c1-16(2,3)15-11-9-14(10-12-15)8-6-7-13-17(4,5)18/h6,8-12,18H,7,13H2,1-5H3/b8-6+. The first-order valence-electron chi connectivity index (χ1n) is 6.68. The Labute approximate surface area is 112 Å². The molecule has 0 unspecified atom stereocenters. The van der Waals surface area contributed by atoms with Crippen LogP contribution in [0.2, 0.25) is 0 Å². The summed E-state index contributed by atoms with van der Waals surface area (Å²) in [6.07, 6.45) is 5.95. The van der Waals surface area contributed by atoms with Crippen LogP contribution in [-0.4, -0.2) is 10.7 Å². The molecular formula is C17H26O. The molecule has 0 aliphatic heterocycles. The molecule has 0 saturated carbocycles. The number of rotatable bonds is 4. The van der Waals surface area contributed by atoms with Crippen molar-refractivity contribution in [3.05, 3.63) is 41.5 Å². The zero-order chi connectivity index (χ0) is 13.8. The van der Waals surface area contributed by atoms with Gasteiger partial charge in [-0.3, -0.25) is 0 Å². The van der Waals surface area contributed by atoms with Crippen LogP contribution in [0.5, 0.6) is 0 Å². The van der Waals surface area contributed by atoms with Gasteiger partial charge in [0.2, 0.25) is 0 Å². The van der Waals surface area contributed by atoms with Gasteiger partial charge in [-0.05, 0) is 43.2 Å². The molecule has 1 aromatic carbocycles. The van der Waals surface area contributed by atoms with Gasteiger partial charge in [-0.1, -0.05) is 57.2 Å². The van der Waals surface area contributed by atoms with Crippen LogP contribution in [0.15, 0.2) is 30.3 Å². The average Bonchev–Trinajstić information content (AvgIpc) is 2.22. The minimum Gasteiger partial charge on any atom is -0.390 e. The van der Waals surface area contributed by atoms with E-state index >= 15 is 0 Å². The molecule has 1 N–H and O–H groups in total. The summed E-state index contributed by atoms with van der Waals surface area (Å²) in [5.41, 5.74) is 2.22. The van der Waals surface area contributed by atoms with Crippen molar-refractivity contribution >= 4 is 6.08 Å². The topological polar surface area (TPSA) is 20.2 Å². The highest BCUT2D eigenvalue weighted by Crippen LogP contribution is 2.22. The number of hydrogen-bond acceptors (Lipinski definition) is 1. The number of hydrogen-bond donors (Lipinski definition) is 1. The molecule has 1 heteroatoms. The molecule has 0 fully saturated rings. The summed E-state index contributed by atoms with van der Waals surface area (Å²) in [5, 5.41) is 9.61. The van der Waals surface area contributed by atoms with Crippen LogP contribution in [0.25, 0.3) is 6.08 Å². The van der Waals surface area contributed by atoms with Gasteiger partial charge in [-0.15, -0.1) is 0 Å². The maximum absolute atomic E-state index is 9.61. The van der Waals surface area contributed by atoms with Crippen molar-refractivity contribution in [2.75, 3.05) is 0 Å². The largest absolute Gasteiger partial charge is 0.390 e. The molecule has 1 nitrogen and oxygen atoms in total. The van der Waals surface area contributed by atoms with E-state index in [0.717, 1.165) is 12.8 Å². The van der Waals surface area contributed by atoms with Crippen molar-refractivity contribution in [1.82, 2.24) is 0 Å². The minimum atomic E-state index is -0.569. The fourth-order valence-electron chi connectivity index (χ4n) is 1.75. The Morgan fingerprint density at radius 3 is 2.00 bits per heavy atom. The Bertz CT molecular complexity index is 385. The Kier molecular flexibility index (Phi) is 4.75. The maximum atomic E-state index is 9.61. The number of benzene rings is 1. The molecule has 0 aliphatic carbocycles. The lowest BCUT2D eigenvalue weighted by atomic mass is 9.87. The fraction of sp³-hybridized carbons (Fsp3) is 0.529. The Balaban J connectivity index is 2.57. The molecule has 0 aromatic heterocycles. The molecule has 0 saturated heterocycles. The molecular weight excluding hydrogens is 220 g/mol. The molecule has 0 atom stereocenters. The van der Waals surface area contributed by atoms with Crippen LogP contribution in [-0.2, 0) is 5.41 Å². The molecule has 0 amide bonds. The van der Waals surface area contributed by atoms with Gasteiger partial charge in [0.05, 0.1) is 5.60 Å². The predicted molar refractivity (Wildman–Crippen MR) is 79.7 cm³/mol. The number of aliphatic hydroxyl groups is 1. The van der Waals surface area contributed by atoms with E-state index in [2.05, 4.69) is 57.2 Å². The van der Waals surface area contributed by atoms with Crippen molar-refractivity contribution in [3.63, 3.8) is 0 Å². The normalized spacial score (nSPS) is 13.2. The third-order valence-electron chi connectivity index (χ3n) is 3.01. The van der Waals surface area contributed by atoms with Crippen LogP contribution in [0, 0.1) is 0 Å². The second-order valence-corrected chi connectivity index (χ2v) is 6.63. The van der Waals surface area contributed by atoms with Crippen LogP contribution >= 0.6 is 0 Å². The molecule has 1 rings (SSSR count). The molecule has 0 bridgehead atoms. The quantitative estimate of drug-likeness (QED) is 0.826. The highest BCUT2D eigenvalue weighted by Gasteiger charge is 2.12. The van der Waals surface area contributed by atoms with Crippen LogP contribution in [0.1, 0.15) is 58.6 Å². The molecule has 1 aromatic rings. The van der Waals surface area contributed by atoms with E-state index in [9.17, 15) is 5.11 Å². The van der Waals surface area contributed by atoms with Gasteiger partial charge < -0.3 is 5.11 Å². The second-order valence-electron chi connectivity index (χ2n) is 6.63. The highest BCUT2D eigenvalue weighted by molar-refractivity contribution is 5.50. The van der Waals surface area contributed by atoms with E-state index < -0.39 is 5.60 Å². The summed E-state index contributed by atoms with van der Waals surface area (Å²) in [6.45, 7) is 10.4. The van der Waals surface area contributed by atoms with E-state index in [-0.39, 0.29) is 5.41 Å². The van der Waals surface area contributed by atoms with Gasteiger partial charge in [0.1, 0.15) is 0 Å². The summed E-state index contributed by atoms with van der Waals surface area (Å²) in [5.74, 6) is 0. The van der Waals surface area contributed by atoms with Crippen molar-refractivity contribution in [1.29, 1.82) is 0 Å². The third kappa shape index (κ3) is 5.50. The summed E-state index contributed by atoms with van der Waals surface area (Å²) >= 11 is 0. The molecule has 0 radical (unpaired) electrons. The van der Waals surface area contributed by atoms with E-state index in [1.165, 1.54) is 11.1 Å². The van der Waals surface area contributed by atoms with Crippen LogP contribution < -0.4 is 0 Å². The SMILES string of the molecule is CC(C)(O)CC/C=C/c1ccc(C(C)(C)C)cc1. The van der Waals surface area contributed by atoms with Gasteiger partial charge in [0.25, 0.3) is 0 Å². The molecule has 0 heterocycles. The highest BCUT2D eigenvalue weighted by atomic mass is 16.3. The van der Waals surface area contributed by atoms with E-state index in [1.807, 2.05) is 13.8 Å². The second kappa shape index (κ2) is 5.71. The van der Waals surface area contributed by atoms with E-state index in [1.54, 1.807) is 0 Å². The minimum absolute atomic E-state index is 0.211. The predicted octanol–water partition coefficient (Wildman–Crippen LogP) is 4.55. The molecule has 18 heavy (non-hydrogen) atoms. The van der Waals surface area contributed by atoms with Crippen LogP contribution in [0.3, 0.4) is 0 Å². The molecule has 0 spiro atoms. The zero-order valence-electron chi connectivity index (χ0n) is 12.3. The Morgan fingerprint density at radius 2 is 1.56 bits per heavy atom. The van der Waals surface area contributed by atoms with Crippen molar-refractivity contribution in [2.45, 2.75) is 58.5 Å². The maximum Gasteiger partial charge on any atom is 0.0594 e. The first kappa shape index (κ1) is 15.0. The summed E-state index contributed by atoms with van der Waals surface area (Å²) < 4.78 is 0. The van der Waals surface area contributed by atoms with Crippen molar-refractivity contribution < 1.29 is 5.11 Å². The monoisotopic (exact) mass is 246 g/mol. The van der Waals surface area contributed by atoms with Crippen LogP contribution in [0.4, 0.5) is 0 Å². The van der Waals surface area contributed by atoms with Crippen molar-refractivity contribution in [2.24, 2.45) is 0 Å². The summed E-state index contributed by atoms with van der Waals surface area (Å²) in [4.78, 5) is 0. The number of allylic oxidation sites excluding steroid dienone is 1. The van der Waals surface area contributed by atoms with Gasteiger partial charge >= 0.3 is 0 Å². The third-order valence-corrected chi connectivity index (χ3v) is 3.01. The summed E-state index contributed by atoms with van der Waals surface area (Å²) in [7, 11) is 0. The zero-order valence-corrected chi connectivity index (χ0v) is 12.3. The smallest absolute Gasteiger partial charge is 0.0594 e. The lowest BCUT2D eigenvalue weighted by molar-refractivity contribution is 0.0722.